The molecule has 0 aliphatic carbocycles. The SMILES string of the molecule is C=Cc1cc(C(C)Sc2nc(N)cc(SC)n2)nc(Cl)c1OC. The summed E-state index contributed by atoms with van der Waals surface area (Å²) >= 11 is 9.18. The van der Waals surface area contributed by atoms with E-state index in [1.165, 1.54) is 23.5 Å². The normalized spacial score (nSPS) is 12.0. The summed E-state index contributed by atoms with van der Waals surface area (Å²) in [6.45, 7) is 5.79. The average molecular weight is 369 g/mol. The molecule has 0 aromatic carbocycles. The van der Waals surface area contributed by atoms with Crippen LogP contribution in [-0.2, 0) is 0 Å². The smallest absolute Gasteiger partial charge is 0.191 e. The third kappa shape index (κ3) is 4.31. The van der Waals surface area contributed by atoms with E-state index in [1.807, 2.05) is 19.2 Å². The number of methoxy groups -OCH3 is 1. The lowest BCUT2D eigenvalue weighted by Crippen LogP contribution is -2.01. The molecule has 0 bridgehead atoms. The summed E-state index contributed by atoms with van der Waals surface area (Å²) in [7, 11) is 1.55. The number of ether oxygens (including phenoxy) is 1. The van der Waals surface area contributed by atoms with Gasteiger partial charge in [0.1, 0.15) is 10.8 Å². The standard InChI is InChI=1S/C15H17ClN4OS2/c1-5-9-6-10(18-14(16)13(9)21-3)8(2)23-15-19-11(17)7-12(20-15)22-4/h5-8H,1H2,2-4H3,(H2,17,19,20). The molecule has 5 nitrogen and oxygen atoms in total. The zero-order valence-electron chi connectivity index (χ0n) is 13.0. The van der Waals surface area contributed by atoms with Crippen LogP contribution in [0, 0.1) is 0 Å². The Hall–Kier alpha value is -1.44. The molecule has 0 saturated heterocycles. The molecule has 1 atom stereocenters. The van der Waals surface area contributed by atoms with Crippen LogP contribution < -0.4 is 10.5 Å². The molecule has 2 rings (SSSR count). The van der Waals surface area contributed by atoms with Gasteiger partial charge in [0, 0.05) is 11.6 Å². The maximum Gasteiger partial charge on any atom is 0.191 e. The molecule has 0 aliphatic rings. The molecule has 8 heteroatoms. The summed E-state index contributed by atoms with van der Waals surface area (Å²) in [5, 5.41) is 1.75. The Morgan fingerprint density at radius 2 is 2.09 bits per heavy atom. The fourth-order valence-electron chi connectivity index (χ4n) is 1.90. The van der Waals surface area contributed by atoms with Crippen LogP contribution in [0.25, 0.3) is 6.08 Å². The molecular formula is C15H17ClN4OS2. The predicted octanol–water partition coefficient (Wildman–Crippen LogP) is 4.33. The van der Waals surface area contributed by atoms with Crippen LogP contribution >= 0.6 is 35.1 Å². The Kier molecular flexibility index (Phi) is 6.15. The molecule has 0 spiro atoms. The van der Waals surface area contributed by atoms with Crippen molar-refractivity contribution < 1.29 is 4.74 Å². The minimum absolute atomic E-state index is 0.00591. The summed E-state index contributed by atoms with van der Waals surface area (Å²) in [4.78, 5) is 13.1. The van der Waals surface area contributed by atoms with E-state index in [4.69, 9.17) is 22.1 Å². The fraction of sp³-hybridized carbons (Fsp3) is 0.267. The number of rotatable bonds is 6. The van der Waals surface area contributed by atoms with Gasteiger partial charge < -0.3 is 10.5 Å². The summed E-state index contributed by atoms with van der Waals surface area (Å²) in [6.07, 6.45) is 3.64. The molecule has 0 radical (unpaired) electrons. The van der Waals surface area contributed by atoms with Gasteiger partial charge >= 0.3 is 0 Å². The number of nitrogen functional groups attached to an aromatic ring is 1. The van der Waals surface area contributed by atoms with Gasteiger partial charge in [-0.15, -0.1) is 11.8 Å². The van der Waals surface area contributed by atoms with Gasteiger partial charge in [-0.1, -0.05) is 36.0 Å². The molecule has 2 aromatic rings. The van der Waals surface area contributed by atoms with Crippen molar-refractivity contribution in [2.75, 3.05) is 19.1 Å². The zero-order chi connectivity index (χ0) is 17.0. The van der Waals surface area contributed by atoms with Crippen LogP contribution in [0.1, 0.15) is 23.4 Å². The third-order valence-corrected chi connectivity index (χ3v) is 4.89. The highest BCUT2D eigenvalue weighted by Gasteiger charge is 2.17. The second-order valence-corrected chi connectivity index (χ2v) is 7.03. The third-order valence-electron chi connectivity index (χ3n) is 3.01. The Morgan fingerprint density at radius 3 is 2.70 bits per heavy atom. The highest BCUT2D eigenvalue weighted by atomic mass is 35.5. The molecule has 0 amide bonds. The lowest BCUT2D eigenvalue weighted by atomic mass is 10.2. The molecular weight excluding hydrogens is 352 g/mol. The highest BCUT2D eigenvalue weighted by molar-refractivity contribution is 7.99. The van der Waals surface area contributed by atoms with Crippen molar-refractivity contribution in [1.82, 2.24) is 15.0 Å². The molecule has 122 valence electrons. The number of nitrogens with two attached hydrogens (primary N) is 1. The van der Waals surface area contributed by atoms with Crippen LogP contribution in [0.15, 0.2) is 28.9 Å². The van der Waals surface area contributed by atoms with Gasteiger partial charge in [-0.3, -0.25) is 0 Å². The van der Waals surface area contributed by atoms with Crippen LogP contribution in [0.3, 0.4) is 0 Å². The molecule has 0 saturated carbocycles. The predicted molar refractivity (Wildman–Crippen MR) is 98.4 cm³/mol. The monoisotopic (exact) mass is 368 g/mol. The van der Waals surface area contributed by atoms with Crippen LogP contribution in [0.5, 0.6) is 5.75 Å². The van der Waals surface area contributed by atoms with Gasteiger partial charge in [0.05, 0.1) is 18.1 Å². The molecule has 2 aromatic heterocycles. The lowest BCUT2D eigenvalue weighted by Gasteiger charge is -2.14. The number of anilines is 1. The first-order valence-electron chi connectivity index (χ1n) is 6.70. The molecule has 23 heavy (non-hydrogen) atoms. The molecule has 0 aliphatic heterocycles. The van der Waals surface area contributed by atoms with Crippen LogP contribution in [-0.4, -0.2) is 28.3 Å². The van der Waals surface area contributed by atoms with Gasteiger partial charge in [-0.05, 0) is 19.2 Å². The lowest BCUT2D eigenvalue weighted by molar-refractivity contribution is 0.412. The van der Waals surface area contributed by atoms with E-state index in [9.17, 15) is 0 Å². The second kappa shape index (κ2) is 7.90. The maximum absolute atomic E-state index is 6.19. The molecule has 0 fully saturated rings. The minimum Gasteiger partial charge on any atom is -0.493 e. The average Bonchev–Trinajstić information content (AvgIpc) is 2.53. The van der Waals surface area contributed by atoms with E-state index in [-0.39, 0.29) is 5.25 Å². The number of thioether (sulfide) groups is 2. The summed E-state index contributed by atoms with van der Waals surface area (Å²) in [5.41, 5.74) is 7.41. The number of aromatic nitrogens is 3. The van der Waals surface area contributed by atoms with Crippen molar-refractivity contribution in [1.29, 1.82) is 0 Å². The topological polar surface area (TPSA) is 73.9 Å². The van der Waals surface area contributed by atoms with Gasteiger partial charge in [-0.25, -0.2) is 15.0 Å². The number of pyridine rings is 1. The van der Waals surface area contributed by atoms with E-state index in [1.54, 1.807) is 19.3 Å². The number of nitrogens with zero attached hydrogens (tertiary/aromatic N) is 3. The van der Waals surface area contributed by atoms with E-state index in [0.717, 1.165) is 16.3 Å². The van der Waals surface area contributed by atoms with Gasteiger partial charge in [0.15, 0.2) is 16.1 Å². The second-order valence-electron chi connectivity index (χ2n) is 4.54. The van der Waals surface area contributed by atoms with Crippen LogP contribution in [0.2, 0.25) is 5.15 Å². The van der Waals surface area contributed by atoms with Crippen LogP contribution in [0.4, 0.5) is 5.82 Å². The summed E-state index contributed by atoms with van der Waals surface area (Å²) in [5.74, 6) is 0.971. The first-order valence-corrected chi connectivity index (χ1v) is 9.18. The summed E-state index contributed by atoms with van der Waals surface area (Å²) in [6, 6.07) is 3.65. The van der Waals surface area contributed by atoms with Crippen molar-refractivity contribution >= 4 is 47.0 Å². The maximum atomic E-state index is 6.19. The molecule has 2 N–H and O–H groups in total. The highest BCUT2D eigenvalue weighted by Crippen LogP contribution is 2.37. The number of hydrogen-bond acceptors (Lipinski definition) is 7. The Balaban J connectivity index is 2.30. The number of hydrogen-bond donors (Lipinski definition) is 1. The zero-order valence-corrected chi connectivity index (χ0v) is 15.4. The first-order chi connectivity index (χ1) is 11.0. The van der Waals surface area contributed by atoms with Crippen molar-refractivity contribution in [3.63, 3.8) is 0 Å². The number of halogens is 1. The quantitative estimate of drug-likeness (QED) is 0.352. The van der Waals surface area contributed by atoms with E-state index >= 15 is 0 Å². The first kappa shape index (κ1) is 17.9. The Morgan fingerprint density at radius 1 is 1.35 bits per heavy atom. The van der Waals surface area contributed by atoms with Gasteiger partial charge in [0.25, 0.3) is 0 Å². The van der Waals surface area contributed by atoms with E-state index < -0.39 is 0 Å². The van der Waals surface area contributed by atoms with Crippen molar-refractivity contribution in [2.45, 2.75) is 22.4 Å². The molecule has 1 unspecified atom stereocenters. The van der Waals surface area contributed by atoms with E-state index in [0.29, 0.717) is 21.9 Å². The van der Waals surface area contributed by atoms with Gasteiger partial charge in [0.2, 0.25) is 0 Å². The Bertz CT molecular complexity index is 727. The van der Waals surface area contributed by atoms with Crippen molar-refractivity contribution in [3.8, 4) is 5.75 Å². The Labute approximate surface area is 149 Å². The molecule has 2 heterocycles. The largest absolute Gasteiger partial charge is 0.493 e. The summed E-state index contributed by atoms with van der Waals surface area (Å²) < 4.78 is 5.25. The minimum atomic E-state index is -0.00591. The van der Waals surface area contributed by atoms with Crippen molar-refractivity contribution in [3.05, 3.63) is 35.1 Å². The fourth-order valence-corrected chi connectivity index (χ4v) is 3.52. The van der Waals surface area contributed by atoms with Gasteiger partial charge in [-0.2, -0.15) is 0 Å². The van der Waals surface area contributed by atoms with E-state index in [2.05, 4.69) is 21.5 Å². The van der Waals surface area contributed by atoms with Crippen molar-refractivity contribution in [2.24, 2.45) is 0 Å².